The van der Waals surface area contributed by atoms with Crippen molar-refractivity contribution in [1.29, 1.82) is 10.5 Å². The van der Waals surface area contributed by atoms with Crippen LogP contribution in [0.3, 0.4) is 0 Å². The summed E-state index contributed by atoms with van der Waals surface area (Å²) in [7, 11) is 1.41. The molecule has 0 radical (unpaired) electrons. The standard InChI is InChI=1S/C21H22N6O2S/c1-29-17-15(11-22)20(27-9-7-14(24)8-10-27)26-21(16(17)12-23)30-18(19(25)28)13-5-3-2-4-6-13/h2-6,14,18H,7-10,24H2,1H3,(H2,25,28). The number of ether oxygens (including phenoxy) is 1. The Morgan fingerprint density at radius 3 is 2.40 bits per heavy atom. The van der Waals surface area contributed by atoms with Gasteiger partial charge in [-0.2, -0.15) is 10.5 Å². The first kappa shape index (κ1) is 21.4. The Bertz CT molecular complexity index is 1010. The summed E-state index contributed by atoms with van der Waals surface area (Å²) in [4.78, 5) is 18.8. The van der Waals surface area contributed by atoms with E-state index in [1.165, 1.54) is 7.11 Å². The maximum atomic E-state index is 12.2. The van der Waals surface area contributed by atoms with Crippen LogP contribution >= 0.6 is 11.8 Å². The van der Waals surface area contributed by atoms with Crippen molar-refractivity contribution in [2.45, 2.75) is 29.2 Å². The molecule has 1 amide bonds. The number of hydrogen-bond acceptors (Lipinski definition) is 8. The van der Waals surface area contributed by atoms with Crippen molar-refractivity contribution in [1.82, 2.24) is 4.98 Å². The van der Waals surface area contributed by atoms with E-state index in [0.717, 1.165) is 24.6 Å². The fraction of sp³-hybridized carbons (Fsp3) is 0.333. The molecule has 1 aromatic heterocycles. The zero-order chi connectivity index (χ0) is 21.7. The van der Waals surface area contributed by atoms with E-state index < -0.39 is 11.2 Å². The summed E-state index contributed by atoms with van der Waals surface area (Å²) in [6, 6.07) is 13.4. The molecule has 8 nitrogen and oxygen atoms in total. The number of thioether (sulfide) groups is 1. The summed E-state index contributed by atoms with van der Waals surface area (Å²) in [6.45, 7) is 1.28. The highest BCUT2D eigenvalue weighted by Gasteiger charge is 2.29. The van der Waals surface area contributed by atoms with E-state index in [9.17, 15) is 15.3 Å². The molecule has 0 aliphatic carbocycles. The number of amides is 1. The summed E-state index contributed by atoms with van der Waals surface area (Å²) in [5.74, 6) is 0.0309. The second kappa shape index (κ2) is 9.49. The van der Waals surface area contributed by atoms with Gasteiger partial charge in [0.15, 0.2) is 11.6 Å². The van der Waals surface area contributed by atoms with Gasteiger partial charge in [0.1, 0.15) is 33.5 Å². The molecule has 1 fully saturated rings. The largest absolute Gasteiger partial charge is 0.494 e. The normalized spacial score (nSPS) is 15.1. The Morgan fingerprint density at radius 2 is 1.87 bits per heavy atom. The van der Waals surface area contributed by atoms with Gasteiger partial charge in [-0.3, -0.25) is 4.79 Å². The molecule has 1 aliphatic heterocycles. The number of carbonyl (C=O) groups is 1. The number of aromatic nitrogens is 1. The molecule has 1 aliphatic rings. The average molecular weight is 423 g/mol. The van der Waals surface area contributed by atoms with E-state index in [-0.39, 0.29) is 22.9 Å². The van der Waals surface area contributed by atoms with Crippen molar-refractivity contribution in [2.75, 3.05) is 25.1 Å². The highest BCUT2D eigenvalue weighted by Crippen LogP contribution is 2.42. The number of benzene rings is 1. The Hall–Kier alpha value is -3.27. The lowest BCUT2D eigenvalue weighted by atomic mass is 10.0. The molecule has 1 unspecified atom stereocenters. The number of hydrogen-bond donors (Lipinski definition) is 2. The van der Waals surface area contributed by atoms with Crippen LogP contribution in [0.2, 0.25) is 0 Å². The molecule has 2 heterocycles. The summed E-state index contributed by atoms with van der Waals surface area (Å²) >= 11 is 1.08. The van der Waals surface area contributed by atoms with Gasteiger partial charge in [-0.15, -0.1) is 0 Å². The minimum absolute atomic E-state index is 0.109. The number of nitriles is 2. The van der Waals surface area contributed by atoms with Gasteiger partial charge in [0.25, 0.3) is 0 Å². The van der Waals surface area contributed by atoms with Gasteiger partial charge in [0.2, 0.25) is 5.91 Å². The zero-order valence-electron chi connectivity index (χ0n) is 16.5. The molecular weight excluding hydrogens is 400 g/mol. The number of nitrogens with zero attached hydrogens (tertiary/aromatic N) is 4. The van der Waals surface area contributed by atoms with Gasteiger partial charge in [-0.1, -0.05) is 42.1 Å². The van der Waals surface area contributed by atoms with Crippen LogP contribution in [0.15, 0.2) is 35.4 Å². The van der Waals surface area contributed by atoms with Gasteiger partial charge in [-0.05, 0) is 18.4 Å². The Balaban J connectivity index is 2.11. The second-order valence-corrected chi connectivity index (χ2v) is 7.98. The van der Waals surface area contributed by atoms with Crippen LogP contribution in [0.4, 0.5) is 5.82 Å². The van der Waals surface area contributed by atoms with Gasteiger partial charge in [0.05, 0.1) is 7.11 Å². The van der Waals surface area contributed by atoms with Crippen molar-refractivity contribution in [3.05, 3.63) is 47.0 Å². The third-order valence-corrected chi connectivity index (χ3v) is 6.21. The highest BCUT2D eigenvalue weighted by molar-refractivity contribution is 8.00. The number of rotatable bonds is 6. The number of methoxy groups -OCH3 is 1. The summed E-state index contributed by atoms with van der Waals surface area (Å²) in [5.41, 5.74) is 12.7. The number of primary amides is 1. The molecule has 0 bridgehead atoms. The van der Waals surface area contributed by atoms with Crippen LogP contribution in [0.1, 0.15) is 34.8 Å². The van der Waals surface area contributed by atoms with Gasteiger partial charge < -0.3 is 21.1 Å². The van der Waals surface area contributed by atoms with E-state index in [1.54, 1.807) is 12.1 Å². The topological polar surface area (TPSA) is 142 Å². The van der Waals surface area contributed by atoms with Crippen LogP contribution in [-0.4, -0.2) is 37.1 Å². The maximum absolute atomic E-state index is 12.2. The van der Waals surface area contributed by atoms with Crippen molar-refractivity contribution in [3.8, 4) is 17.9 Å². The Kier molecular flexibility index (Phi) is 6.78. The summed E-state index contributed by atoms with van der Waals surface area (Å²) in [5, 5.41) is 19.1. The Morgan fingerprint density at radius 1 is 1.23 bits per heavy atom. The highest BCUT2D eigenvalue weighted by atomic mass is 32.2. The van der Waals surface area contributed by atoms with Crippen molar-refractivity contribution in [3.63, 3.8) is 0 Å². The number of carbonyl (C=O) groups excluding carboxylic acids is 1. The molecule has 1 aromatic carbocycles. The predicted octanol–water partition coefficient (Wildman–Crippen LogP) is 2.08. The van der Waals surface area contributed by atoms with Crippen LogP contribution in [0.25, 0.3) is 0 Å². The molecule has 4 N–H and O–H groups in total. The molecular formula is C21H22N6O2S. The average Bonchev–Trinajstić information content (AvgIpc) is 2.77. The molecule has 154 valence electrons. The lowest BCUT2D eigenvalue weighted by Gasteiger charge is -2.32. The first-order chi connectivity index (χ1) is 14.5. The monoisotopic (exact) mass is 422 g/mol. The van der Waals surface area contributed by atoms with E-state index in [0.29, 0.717) is 29.5 Å². The van der Waals surface area contributed by atoms with E-state index in [2.05, 4.69) is 17.1 Å². The first-order valence-electron chi connectivity index (χ1n) is 9.43. The van der Waals surface area contributed by atoms with E-state index in [4.69, 9.17) is 16.2 Å². The fourth-order valence-corrected chi connectivity index (χ4v) is 4.42. The number of anilines is 1. The molecule has 30 heavy (non-hydrogen) atoms. The van der Waals surface area contributed by atoms with Crippen LogP contribution in [-0.2, 0) is 4.79 Å². The summed E-state index contributed by atoms with van der Waals surface area (Å²) in [6.07, 6.45) is 1.54. The molecule has 1 saturated heterocycles. The minimum atomic E-state index is -0.744. The lowest BCUT2D eigenvalue weighted by Crippen LogP contribution is -2.40. The van der Waals surface area contributed by atoms with Gasteiger partial charge in [0, 0.05) is 19.1 Å². The molecule has 2 aromatic rings. The van der Waals surface area contributed by atoms with Crippen LogP contribution < -0.4 is 21.1 Å². The second-order valence-electron chi connectivity index (χ2n) is 6.88. The van der Waals surface area contributed by atoms with Crippen molar-refractivity contribution >= 4 is 23.5 Å². The summed E-state index contributed by atoms with van der Waals surface area (Å²) < 4.78 is 5.43. The third kappa shape index (κ3) is 4.33. The number of pyridine rings is 1. The lowest BCUT2D eigenvalue weighted by molar-refractivity contribution is -0.117. The maximum Gasteiger partial charge on any atom is 0.235 e. The van der Waals surface area contributed by atoms with E-state index in [1.807, 2.05) is 23.1 Å². The van der Waals surface area contributed by atoms with Crippen LogP contribution in [0.5, 0.6) is 5.75 Å². The third-order valence-electron chi connectivity index (χ3n) is 4.96. The fourth-order valence-electron chi connectivity index (χ4n) is 3.39. The molecule has 1 atom stereocenters. The molecule has 3 rings (SSSR count). The number of piperidine rings is 1. The van der Waals surface area contributed by atoms with E-state index >= 15 is 0 Å². The first-order valence-corrected chi connectivity index (χ1v) is 10.3. The zero-order valence-corrected chi connectivity index (χ0v) is 17.4. The van der Waals surface area contributed by atoms with Gasteiger partial charge >= 0.3 is 0 Å². The smallest absolute Gasteiger partial charge is 0.235 e. The Labute approximate surface area is 179 Å². The SMILES string of the molecule is COc1c(C#N)c(SC(C(N)=O)c2ccccc2)nc(N2CCC(N)CC2)c1C#N. The molecule has 9 heteroatoms. The minimum Gasteiger partial charge on any atom is -0.494 e. The molecule has 0 spiro atoms. The quantitative estimate of drug-likeness (QED) is 0.674. The molecule has 0 saturated carbocycles. The predicted molar refractivity (Wildman–Crippen MR) is 114 cm³/mol. The van der Waals surface area contributed by atoms with Crippen molar-refractivity contribution in [2.24, 2.45) is 11.5 Å². The van der Waals surface area contributed by atoms with Gasteiger partial charge in [-0.25, -0.2) is 4.98 Å². The number of nitrogens with two attached hydrogens (primary N) is 2. The van der Waals surface area contributed by atoms with Crippen LogP contribution in [0, 0.1) is 22.7 Å². The van der Waals surface area contributed by atoms with Crippen molar-refractivity contribution < 1.29 is 9.53 Å².